The number of ether oxygens (including phenoxy) is 2. The summed E-state index contributed by atoms with van der Waals surface area (Å²) < 4.78 is 11.2. The highest BCUT2D eigenvalue weighted by molar-refractivity contribution is 5.87. The molecule has 1 aliphatic carbocycles. The molecule has 4 aromatic carbocycles. The van der Waals surface area contributed by atoms with Crippen LogP contribution >= 0.6 is 0 Å². The van der Waals surface area contributed by atoms with E-state index in [2.05, 4.69) is 96.5 Å². The summed E-state index contributed by atoms with van der Waals surface area (Å²) in [6.45, 7) is 4.63. The zero-order chi connectivity index (χ0) is 29.1. The predicted octanol–water partition coefficient (Wildman–Crippen LogP) is 9.83. The Kier molecular flexibility index (Phi) is 7.54. The highest BCUT2D eigenvalue weighted by Gasteiger charge is 2.41. The maximum atomic E-state index is 5.61. The van der Waals surface area contributed by atoms with Gasteiger partial charge in [-0.2, -0.15) is 0 Å². The molecule has 0 N–H and O–H groups in total. The molecule has 1 aliphatic rings. The standard InChI is InChI=1S/C38H36N2O2/c1-5-38(6-2)36-23-28(14-13-27-19-21-39-22-20-27)15-17-34(36)35-18-16-31(26-37(35)38)40(29-9-7-11-32(24-29)41-3)30-10-8-12-33(25-30)42-4/h7-26H,5-6H2,1-4H3/b14-13+. The van der Waals surface area contributed by atoms with Crippen molar-refractivity contribution in [2.24, 2.45) is 0 Å². The van der Waals surface area contributed by atoms with E-state index >= 15 is 0 Å². The highest BCUT2D eigenvalue weighted by Crippen LogP contribution is 2.54. The average molecular weight is 553 g/mol. The monoisotopic (exact) mass is 552 g/mol. The summed E-state index contributed by atoms with van der Waals surface area (Å²) in [4.78, 5) is 6.42. The zero-order valence-electron chi connectivity index (χ0n) is 24.7. The van der Waals surface area contributed by atoms with E-state index < -0.39 is 0 Å². The van der Waals surface area contributed by atoms with Gasteiger partial charge in [0.2, 0.25) is 0 Å². The van der Waals surface area contributed by atoms with Gasteiger partial charge in [0.15, 0.2) is 0 Å². The summed E-state index contributed by atoms with van der Waals surface area (Å²) in [7, 11) is 3.41. The number of hydrogen-bond donors (Lipinski definition) is 0. The summed E-state index contributed by atoms with van der Waals surface area (Å²) in [5, 5.41) is 0. The highest BCUT2D eigenvalue weighted by atomic mass is 16.5. The Balaban J connectivity index is 1.48. The second kappa shape index (κ2) is 11.6. The molecule has 0 saturated heterocycles. The molecule has 4 nitrogen and oxygen atoms in total. The second-order valence-electron chi connectivity index (χ2n) is 10.7. The normalized spacial score (nSPS) is 13.0. The molecule has 42 heavy (non-hydrogen) atoms. The molecule has 0 fully saturated rings. The van der Waals surface area contributed by atoms with Crippen LogP contribution in [0.1, 0.15) is 48.9 Å². The SMILES string of the molecule is CCC1(CC)c2cc(/C=C/c3ccncc3)ccc2-c2ccc(N(c3cccc(OC)c3)c3cccc(OC)c3)cc21. The van der Waals surface area contributed by atoms with Crippen molar-refractivity contribution in [1.29, 1.82) is 0 Å². The lowest BCUT2D eigenvalue weighted by Gasteiger charge is -2.32. The van der Waals surface area contributed by atoms with Crippen molar-refractivity contribution in [2.45, 2.75) is 32.1 Å². The second-order valence-corrected chi connectivity index (χ2v) is 10.7. The van der Waals surface area contributed by atoms with E-state index in [-0.39, 0.29) is 5.41 Å². The van der Waals surface area contributed by atoms with Crippen LogP contribution in [0.15, 0.2) is 109 Å². The van der Waals surface area contributed by atoms with E-state index in [1.165, 1.54) is 27.8 Å². The molecule has 0 aliphatic heterocycles. The van der Waals surface area contributed by atoms with Crippen molar-refractivity contribution in [2.75, 3.05) is 19.1 Å². The van der Waals surface area contributed by atoms with Crippen molar-refractivity contribution in [3.8, 4) is 22.6 Å². The zero-order valence-corrected chi connectivity index (χ0v) is 24.7. The average Bonchev–Trinajstić information content (AvgIpc) is 3.33. The molecule has 0 atom stereocenters. The van der Waals surface area contributed by atoms with Crippen LogP contribution in [0.5, 0.6) is 11.5 Å². The number of pyridine rings is 1. The van der Waals surface area contributed by atoms with Crippen LogP contribution in [-0.2, 0) is 5.41 Å². The van der Waals surface area contributed by atoms with Gasteiger partial charge >= 0.3 is 0 Å². The topological polar surface area (TPSA) is 34.6 Å². The summed E-state index contributed by atoms with van der Waals surface area (Å²) in [5.74, 6) is 1.63. The molecular weight excluding hydrogens is 516 g/mol. The smallest absolute Gasteiger partial charge is 0.120 e. The molecule has 5 aromatic rings. The minimum Gasteiger partial charge on any atom is -0.497 e. The third-order valence-electron chi connectivity index (χ3n) is 8.63. The molecule has 0 bridgehead atoms. The van der Waals surface area contributed by atoms with Gasteiger partial charge in [0.05, 0.1) is 14.2 Å². The molecule has 0 amide bonds. The molecule has 0 saturated carbocycles. The van der Waals surface area contributed by atoms with E-state index in [0.717, 1.165) is 47.0 Å². The lowest BCUT2D eigenvalue weighted by Crippen LogP contribution is -2.23. The van der Waals surface area contributed by atoms with E-state index in [9.17, 15) is 0 Å². The van der Waals surface area contributed by atoms with Gasteiger partial charge < -0.3 is 14.4 Å². The third-order valence-corrected chi connectivity index (χ3v) is 8.63. The Morgan fingerprint density at radius 3 is 1.76 bits per heavy atom. The number of methoxy groups -OCH3 is 2. The molecule has 4 heteroatoms. The van der Waals surface area contributed by atoms with Crippen molar-refractivity contribution < 1.29 is 9.47 Å². The number of nitrogens with zero attached hydrogens (tertiary/aromatic N) is 2. The van der Waals surface area contributed by atoms with Gasteiger partial charge in [0.1, 0.15) is 11.5 Å². The van der Waals surface area contributed by atoms with Gasteiger partial charge in [0.25, 0.3) is 0 Å². The first-order valence-corrected chi connectivity index (χ1v) is 14.6. The van der Waals surface area contributed by atoms with Crippen LogP contribution in [0.3, 0.4) is 0 Å². The van der Waals surface area contributed by atoms with Crippen LogP contribution in [-0.4, -0.2) is 19.2 Å². The van der Waals surface area contributed by atoms with Gasteiger partial charge in [-0.05, 0) is 94.8 Å². The molecule has 0 spiro atoms. The molecule has 0 radical (unpaired) electrons. The van der Waals surface area contributed by atoms with E-state index in [4.69, 9.17) is 9.47 Å². The first-order valence-electron chi connectivity index (χ1n) is 14.6. The van der Waals surface area contributed by atoms with Crippen molar-refractivity contribution in [1.82, 2.24) is 4.98 Å². The number of fused-ring (bicyclic) bond motifs is 3. The maximum absolute atomic E-state index is 5.61. The first kappa shape index (κ1) is 27.3. The van der Waals surface area contributed by atoms with Crippen LogP contribution < -0.4 is 14.4 Å². The van der Waals surface area contributed by atoms with Crippen LogP contribution in [0.25, 0.3) is 23.3 Å². The lowest BCUT2D eigenvalue weighted by atomic mass is 9.73. The van der Waals surface area contributed by atoms with Crippen molar-refractivity contribution >= 4 is 29.2 Å². The molecule has 1 aromatic heterocycles. The summed E-state index contributed by atoms with van der Waals surface area (Å²) in [5.41, 5.74) is 10.9. The molecule has 210 valence electrons. The fourth-order valence-electron chi connectivity index (χ4n) is 6.37. The first-order chi connectivity index (χ1) is 20.6. The van der Waals surface area contributed by atoms with Crippen molar-refractivity contribution in [3.63, 3.8) is 0 Å². The number of aromatic nitrogens is 1. The van der Waals surface area contributed by atoms with E-state index in [1.807, 2.05) is 48.8 Å². The molecular formula is C38H36N2O2. The summed E-state index contributed by atoms with van der Waals surface area (Å²) >= 11 is 0. The van der Waals surface area contributed by atoms with Crippen LogP contribution in [0.2, 0.25) is 0 Å². The van der Waals surface area contributed by atoms with Gasteiger partial charge in [-0.1, -0.05) is 62.4 Å². The Bertz CT molecular complexity index is 1690. The Morgan fingerprint density at radius 2 is 1.17 bits per heavy atom. The number of rotatable bonds is 9. The molecule has 0 unspecified atom stereocenters. The number of benzene rings is 4. The van der Waals surface area contributed by atoms with Gasteiger partial charge in [-0.25, -0.2) is 0 Å². The van der Waals surface area contributed by atoms with E-state index in [1.54, 1.807) is 14.2 Å². The lowest BCUT2D eigenvalue weighted by molar-refractivity contribution is 0.414. The quantitative estimate of drug-likeness (QED) is 0.182. The van der Waals surface area contributed by atoms with Crippen LogP contribution in [0.4, 0.5) is 17.1 Å². The van der Waals surface area contributed by atoms with Gasteiger partial charge in [0, 0.05) is 47.0 Å². The van der Waals surface area contributed by atoms with Gasteiger partial charge in [-0.3, -0.25) is 4.98 Å². The van der Waals surface area contributed by atoms with Crippen molar-refractivity contribution in [3.05, 3.63) is 132 Å². The Morgan fingerprint density at radius 1 is 0.619 bits per heavy atom. The Hall–Kier alpha value is -4.83. The van der Waals surface area contributed by atoms with Gasteiger partial charge in [-0.15, -0.1) is 0 Å². The number of hydrogen-bond acceptors (Lipinski definition) is 4. The maximum Gasteiger partial charge on any atom is 0.120 e. The predicted molar refractivity (Wildman–Crippen MR) is 174 cm³/mol. The van der Waals surface area contributed by atoms with E-state index in [0.29, 0.717) is 0 Å². The summed E-state index contributed by atoms with van der Waals surface area (Å²) in [6, 6.07) is 34.3. The Labute approximate surface area is 248 Å². The number of anilines is 3. The fourth-order valence-corrected chi connectivity index (χ4v) is 6.37. The third kappa shape index (κ3) is 4.83. The molecule has 6 rings (SSSR count). The van der Waals surface area contributed by atoms with Crippen LogP contribution in [0, 0.1) is 0 Å². The minimum absolute atomic E-state index is 0.0738. The minimum atomic E-state index is -0.0738. The summed E-state index contributed by atoms with van der Waals surface area (Å²) in [6.07, 6.45) is 10.1. The fraction of sp³-hybridized carbons (Fsp3) is 0.184. The molecule has 1 heterocycles. The largest absolute Gasteiger partial charge is 0.497 e.